The van der Waals surface area contributed by atoms with Crippen LogP contribution in [0, 0.1) is 17.0 Å². The van der Waals surface area contributed by atoms with Crippen molar-refractivity contribution in [1.82, 2.24) is 0 Å². The topological polar surface area (TPSA) is 69.4 Å². The molecular weight excluding hydrogens is 234 g/mol. The Morgan fingerprint density at radius 3 is 2.67 bits per heavy atom. The van der Waals surface area contributed by atoms with E-state index in [0.717, 1.165) is 16.3 Å². The molecule has 0 aromatic heterocycles. The molecule has 0 aliphatic heterocycles. The van der Waals surface area contributed by atoms with Gasteiger partial charge in [-0.2, -0.15) is 0 Å². The summed E-state index contributed by atoms with van der Waals surface area (Å²) >= 11 is 0. The molecule has 0 aliphatic carbocycles. The first-order chi connectivity index (χ1) is 8.54. The SMILES string of the molecule is Cc1ccc2ccc(OC(=O)C[N+](=O)[O-])cc2c1. The molecule has 18 heavy (non-hydrogen) atoms. The molecule has 0 saturated carbocycles. The van der Waals surface area contributed by atoms with E-state index in [9.17, 15) is 14.9 Å². The van der Waals surface area contributed by atoms with E-state index in [1.54, 1.807) is 12.1 Å². The van der Waals surface area contributed by atoms with Gasteiger partial charge in [0, 0.05) is 4.92 Å². The zero-order valence-electron chi connectivity index (χ0n) is 9.75. The number of hydrogen-bond acceptors (Lipinski definition) is 4. The Labute approximate surface area is 103 Å². The summed E-state index contributed by atoms with van der Waals surface area (Å²) in [6.45, 7) is 1.14. The van der Waals surface area contributed by atoms with Gasteiger partial charge in [0.25, 0.3) is 6.54 Å². The van der Waals surface area contributed by atoms with Gasteiger partial charge in [0.1, 0.15) is 5.75 Å². The lowest BCUT2D eigenvalue weighted by molar-refractivity contribution is -0.469. The molecule has 2 aromatic rings. The lowest BCUT2D eigenvalue weighted by Gasteiger charge is -2.04. The predicted molar refractivity (Wildman–Crippen MR) is 66.2 cm³/mol. The predicted octanol–water partition coefficient (Wildman–Crippen LogP) is 2.33. The fourth-order valence-electron chi connectivity index (χ4n) is 1.68. The van der Waals surface area contributed by atoms with E-state index < -0.39 is 17.4 Å². The van der Waals surface area contributed by atoms with Crippen molar-refractivity contribution >= 4 is 16.7 Å². The van der Waals surface area contributed by atoms with Gasteiger partial charge in [-0.1, -0.05) is 29.8 Å². The number of hydrogen-bond donors (Lipinski definition) is 0. The lowest BCUT2D eigenvalue weighted by Crippen LogP contribution is -2.19. The van der Waals surface area contributed by atoms with Gasteiger partial charge in [0.05, 0.1) is 0 Å². The Kier molecular flexibility index (Phi) is 3.23. The fraction of sp³-hybridized carbons (Fsp3) is 0.154. The highest BCUT2D eigenvalue weighted by atomic mass is 16.6. The maximum atomic E-state index is 11.2. The van der Waals surface area contributed by atoms with Crippen LogP contribution in [0.25, 0.3) is 10.8 Å². The highest BCUT2D eigenvalue weighted by Crippen LogP contribution is 2.22. The van der Waals surface area contributed by atoms with Crippen LogP contribution < -0.4 is 4.74 Å². The first-order valence-corrected chi connectivity index (χ1v) is 5.37. The summed E-state index contributed by atoms with van der Waals surface area (Å²) in [6, 6.07) is 11.0. The van der Waals surface area contributed by atoms with Crippen molar-refractivity contribution in [2.45, 2.75) is 6.92 Å². The Hall–Kier alpha value is -2.43. The number of carbonyl (C=O) groups excluding carboxylic acids is 1. The van der Waals surface area contributed by atoms with Gasteiger partial charge in [0.2, 0.25) is 0 Å². The molecule has 2 aromatic carbocycles. The highest BCUT2D eigenvalue weighted by Gasteiger charge is 2.12. The largest absolute Gasteiger partial charge is 0.422 e. The molecule has 0 aliphatic rings. The van der Waals surface area contributed by atoms with Crippen molar-refractivity contribution in [2.24, 2.45) is 0 Å². The number of aryl methyl sites for hydroxylation is 1. The summed E-state index contributed by atoms with van der Waals surface area (Å²) < 4.78 is 4.89. The van der Waals surface area contributed by atoms with E-state index in [1.807, 2.05) is 31.2 Å². The third-order valence-corrected chi connectivity index (χ3v) is 2.46. The number of rotatable bonds is 3. The zero-order valence-corrected chi connectivity index (χ0v) is 9.75. The molecule has 0 atom stereocenters. The van der Waals surface area contributed by atoms with Crippen molar-refractivity contribution in [3.63, 3.8) is 0 Å². The summed E-state index contributed by atoms with van der Waals surface area (Å²) in [5, 5.41) is 12.1. The molecule has 0 unspecified atom stereocenters. The third kappa shape index (κ3) is 2.82. The maximum absolute atomic E-state index is 11.2. The summed E-state index contributed by atoms with van der Waals surface area (Å²) in [6.07, 6.45) is 0. The molecule has 0 spiro atoms. The summed E-state index contributed by atoms with van der Waals surface area (Å²) in [7, 11) is 0. The molecule has 0 N–H and O–H groups in total. The van der Waals surface area contributed by atoms with Crippen LogP contribution >= 0.6 is 0 Å². The minimum absolute atomic E-state index is 0.319. The number of benzene rings is 2. The molecule has 0 amide bonds. The van der Waals surface area contributed by atoms with E-state index in [1.165, 1.54) is 0 Å². The molecule has 2 rings (SSSR count). The van der Waals surface area contributed by atoms with E-state index in [4.69, 9.17) is 4.74 Å². The van der Waals surface area contributed by atoms with Crippen LogP contribution in [0.15, 0.2) is 36.4 Å². The molecule has 0 radical (unpaired) electrons. The van der Waals surface area contributed by atoms with Gasteiger partial charge in [-0.25, -0.2) is 4.79 Å². The van der Waals surface area contributed by atoms with Gasteiger partial charge in [-0.15, -0.1) is 0 Å². The Morgan fingerprint density at radius 1 is 1.22 bits per heavy atom. The molecule has 0 fully saturated rings. The molecule has 92 valence electrons. The molecule has 5 nitrogen and oxygen atoms in total. The van der Waals surface area contributed by atoms with Crippen molar-refractivity contribution in [3.05, 3.63) is 52.1 Å². The smallest absolute Gasteiger partial charge is 0.383 e. The van der Waals surface area contributed by atoms with Gasteiger partial charge in [-0.3, -0.25) is 10.1 Å². The van der Waals surface area contributed by atoms with Crippen molar-refractivity contribution in [2.75, 3.05) is 6.54 Å². The molecule has 0 bridgehead atoms. The standard InChI is InChI=1S/C13H11NO4/c1-9-2-3-10-4-5-12(7-11(10)6-9)18-13(15)8-14(16)17/h2-7H,8H2,1H3. The van der Waals surface area contributed by atoms with Crippen LogP contribution in [-0.4, -0.2) is 17.4 Å². The average Bonchev–Trinajstić information content (AvgIpc) is 2.27. The number of carbonyl (C=O) groups is 1. The Morgan fingerprint density at radius 2 is 1.94 bits per heavy atom. The first kappa shape index (κ1) is 12.0. The lowest BCUT2D eigenvalue weighted by atomic mass is 10.1. The molecular formula is C13H11NO4. The second-order valence-corrected chi connectivity index (χ2v) is 3.98. The number of esters is 1. The third-order valence-electron chi connectivity index (χ3n) is 2.46. The first-order valence-electron chi connectivity index (χ1n) is 5.37. The number of nitro groups is 1. The maximum Gasteiger partial charge on any atom is 0.383 e. The average molecular weight is 245 g/mol. The van der Waals surface area contributed by atoms with Crippen LogP contribution in [-0.2, 0) is 4.79 Å². The summed E-state index contributed by atoms with van der Waals surface area (Å²) in [4.78, 5) is 20.6. The van der Waals surface area contributed by atoms with Gasteiger partial charge in [0.15, 0.2) is 0 Å². The minimum Gasteiger partial charge on any atom is -0.422 e. The summed E-state index contributed by atoms with van der Waals surface area (Å²) in [5.74, 6) is -0.549. The monoisotopic (exact) mass is 245 g/mol. The van der Waals surface area contributed by atoms with Gasteiger partial charge in [-0.05, 0) is 29.8 Å². The summed E-state index contributed by atoms with van der Waals surface area (Å²) in [5.41, 5.74) is 1.09. The Balaban J connectivity index is 2.24. The van der Waals surface area contributed by atoms with Crippen LogP contribution in [0.1, 0.15) is 5.56 Å². The van der Waals surface area contributed by atoms with Crippen LogP contribution in [0.2, 0.25) is 0 Å². The normalized spacial score (nSPS) is 10.3. The second-order valence-electron chi connectivity index (χ2n) is 3.98. The second kappa shape index (κ2) is 4.83. The van der Waals surface area contributed by atoms with Crippen LogP contribution in [0.5, 0.6) is 5.75 Å². The number of nitrogens with zero attached hydrogens (tertiary/aromatic N) is 1. The van der Waals surface area contributed by atoms with Gasteiger partial charge < -0.3 is 4.74 Å². The van der Waals surface area contributed by atoms with Crippen LogP contribution in [0.4, 0.5) is 0 Å². The molecule has 5 heteroatoms. The zero-order chi connectivity index (χ0) is 13.1. The minimum atomic E-state index is -0.869. The van der Waals surface area contributed by atoms with Crippen molar-refractivity contribution < 1.29 is 14.5 Å². The quantitative estimate of drug-likeness (QED) is 0.360. The van der Waals surface area contributed by atoms with Crippen molar-refractivity contribution in [1.29, 1.82) is 0 Å². The van der Waals surface area contributed by atoms with Crippen LogP contribution in [0.3, 0.4) is 0 Å². The molecule has 0 heterocycles. The van der Waals surface area contributed by atoms with Crippen molar-refractivity contribution in [3.8, 4) is 5.75 Å². The van der Waals surface area contributed by atoms with E-state index in [0.29, 0.717) is 5.75 Å². The number of ether oxygens (including phenoxy) is 1. The number of fused-ring (bicyclic) bond motifs is 1. The highest BCUT2D eigenvalue weighted by molar-refractivity contribution is 5.85. The molecule has 0 saturated heterocycles. The van der Waals surface area contributed by atoms with E-state index in [2.05, 4.69) is 0 Å². The van der Waals surface area contributed by atoms with E-state index >= 15 is 0 Å². The van der Waals surface area contributed by atoms with Gasteiger partial charge >= 0.3 is 5.97 Å². The fourth-order valence-corrected chi connectivity index (χ4v) is 1.68. The Bertz CT molecular complexity index is 621. The van der Waals surface area contributed by atoms with E-state index in [-0.39, 0.29) is 0 Å².